The molecular weight excluding hydrogens is 476 g/mol. The Labute approximate surface area is 217 Å². The Balaban J connectivity index is 1.68. The number of likely N-dealkylation sites (N-methyl/N-ethyl adjacent to an activating group) is 1. The number of hydrogen-bond acceptors (Lipinski definition) is 8. The fraction of sp³-hybridized carbons (Fsp3) is 0.480. The van der Waals surface area contributed by atoms with Crippen LogP contribution in [0.15, 0.2) is 36.6 Å². The molecule has 11 heteroatoms. The van der Waals surface area contributed by atoms with E-state index in [0.717, 1.165) is 36.3 Å². The predicted octanol–water partition coefficient (Wildman–Crippen LogP) is 3.84. The number of thiocarbonyl (C=S) groups is 1. The molecule has 3 aromatic rings. The van der Waals surface area contributed by atoms with Gasteiger partial charge in [-0.2, -0.15) is 5.10 Å². The van der Waals surface area contributed by atoms with E-state index >= 15 is 0 Å². The summed E-state index contributed by atoms with van der Waals surface area (Å²) in [7, 11) is 0. The molecule has 3 aromatic heterocycles. The summed E-state index contributed by atoms with van der Waals surface area (Å²) in [6.07, 6.45) is 11.2. The van der Waals surface area contributed by atoms with Crippen molar-refractivity contribution >= 4 is 34.6 Å². The molecule has 0 aliphatic rings. The van der Waals surface area contributed by atoms with Crippen molar-refractivity contribution in [1.82, 2.24) is 29.5 Å². The number of fused-ring (bicyclic) bond motifs is 1. The number of anilines is 1. The van der Waals surface area contributed by atoms with Gasteiger partial charge in [0.25, 0.3) is 0 Å². The van der Waals surface area contributed by atoms with Gasteiger partial charge in [0.1, 0.15) is 11.6 Å². The number of aromatic amines is 1. The monoisotopic (exact) mass is 512 g/mol. The number of unbranched alkanes of at least 4 members (excludes halogenated alkanes) is 1. The largest absolute Gasteiger partial charge is 0.464 e. The van der Waals surface area contributed by atoms with Gasteiger partial charge in [-0.25, -0.2) is 9.97 Å². The third-order valence-electron chi connectivity index (χ3n) is 5.90. The molecule has 0 bridgehead atoms. The standard InChI is InChI=1S/C25H36N8O2S/c1-6-8-9-22(34)35-16-25(4,5)32(7-2)15-19(26)10-21(36)31-23-24-27-13-20(18-11-28-29-12-18)33(24)14-17(3)30-23/h10-14H,6-9,15-16,26H2,1-5H3,(H,28,29)(H,30,31,36)/b19-10-. The molecule has 3 heterocycles. The van der Waals surface area contributed by atoms with Crippen molar-refractivity contribution in [3.8, 4) is 11.3 Å². The lowest BCUT2D eigenvalue weighted by Gasteiger charge is -2.37. The van der Waals surface area contributed by atoms with Crippen molar-refractivity contribution in [2.24, 2.45) is 5.73 Å². The Morgan fingerprint density at radius 1 is 1.36 bits per heavy atom. The average Bonchev–Trinajstić information content (AvgIpc) is 3.49. The van der Waals surface area contributed by atoms with Crippen LogP contribution in [0.4, 0.5) is 5.82 Å². The van der Waals surface area contributed by atoms with E-state index < -0.39 is 0 Å². The van der Waals surface area contributed by atoms with E-state index in [0.29, 0.717) is 41.7 Å². The van der Waals surface area contributed by atoms with Gasteiger partial charge in [0.05, 0.1) is 23.8 Å². The highest BCUT2D eigenvalue weighted by Gasteiger charge is 2.27. The van der Waals surface area contributed by atoms with Gasteiger partial charge in [-0.1, -0.05) is 32.5 Å². The molecule has 10 nitrogen and oxygen atoms in total. The van der Waals surface area contributed by atoms with Crippen molar-refractivity contribution in [3.05, 3.63) is 42.3 Å². The number of carbonyl (C=O) groups excluding carboxylic acids is 1. The number of esters is 1. The predicted molar refractivity (Wildman–Crippen MR) is 146 cm³/mol. The number of imidazole rings is 1. The minimum absolute atomic E-state index is 0.165. The lowest BCUT2D eigenvalue weighted by molar-refractivity contribution is -0.147. The highest BCUT2D eigenvalue weighted by Crippen LogP contribution is 2.23. The van der Waals surface area contributed by atoms with Gasteiger partial charge < -0.3 is 15.8 Å². The Morgan fingerprint density at radius 2 is 2.14 bits per heavy atom. The fourth-order valence-corrected chi connectivity index (χ4v) is 4.13. The molecule has 0 saturated heterocycles. The van der Waals surface area contributed by atoms with Crippen molar-refractivity contribution in [2.45, 2.75) is 59.4 Å². The van der Waals surface area contributed by atoms with Gasteiger partial charge in [-0.3, -0.25) is 19.2 Å². The SMILES string of the molecule is CCCCC(=O)OCC(C)(C)N(CC)C/C(N)=C/C(=S)Nc1nc(C)cn2c(-c3cn[nH]c3)cnc12. The molecule has 0 radical (unpaired) electrons. The summed E-state index contributed by atoms with van der Waals surface area (Å²) in [5.74, 6) is 0.382. The lowest BCUT2D eigenvalue weighted by Crippen LogP contribution is -2.49. The first kappa shape index (κ1) is 27.3. The highest BCUT2D eigenvalue weighted by atomic mass is 32.1. The van der Waals surface area contributed by atoms with Crippen molar-refractivity contribution in [2.75, 3.05) is 25.0 Å². The topological polar surface area (TPSA) is 126 Å². The maximum atomic E-state index is 12.0. The maximum Gasteiger partial charge on any atom is 0.305 e. The zero-order valence-electron chi connectivity index (χ0n) is 21.7. The second-order valence-corrected chi connectivity index (χ2v) is 9.79. The van der Waals surface area contributed by atoms with Gasteiger partial charge >= 0.3 is 5.97 Å². The van der Waals surface area contributed by atoms with Crippen LogP contribution in [0.1, 0.15) is 52.7 Å². The molecule has 0 saturated carbocycles. The molecule has 194 valence electrons. The first-order valence-corrected chi connectivity index (χ1v) is 12.6. The van der Waals surface area contributed by atoms with Gasteiger partial charge in [-0.15, -0.1) is 0 Å². The second kappa shape index (κ2) is 12.1. The molecule has 0 aliphatic heterocycles. The minimum atomic E-state index is -0.381. The lowest BCUT2D eigenvalue weighted by atomic mass is 10.0. The van der Waals surface area contributed by atoms with E-state index in [4.69, 9.17) is 22.7 Å². The van der Waals surface area contributed by atoms with E-state index in [1.165, 1.54) is 0 Å². The number of aromatic nitrogens is 5. The zero-order chi connectivity index (χ0) is 26.3. The summed E-state index contributed by atoms with van der Waals surface area (Å²) >= 11 is 5.57. The summed E-state index contributed by atoms with van der Waals surface area (Å²) < 4.78 is 7.46. The third-order valence-corrected chi connectivity index (χ3v) is 6.12. The van der Waals surface area contributed by atoms with Crippen molar-refractivity contribution in [3.63, 3.8) is 0 Å². The van der Waals surface area contributed by atoms with Gasteiger partial charge in [0.2, 0.25) is 0 Å². The third kappa shape index (κ3) is 6.88. The van der Waals surface area contributed by atoms with E-state index in [9.17, 15) is 4.79 Å². The van der Waals surface area contributed by atoms with E-state index in [1.54, 1.807) is 18.5 Å². The van der Waals surface area contributed by atoms with Crippen LogP contribution in [0.3, 0.4) is 0 Å². The minimum Gasteiger partial charge on any atom is -0.464 e. The van der Waals surface area contributed by atoms with E-state index in [1.807, 2.05) is 44.5 Å². The molecule has 0 spiro atoms. The van der Waals surface area contributed by atoms with Gasteiger partial charge in [-0.05, 0) is 39.8 Å². The van der Waals surface area contributed by atoms with Gasteiger partial charge in [0.15, 0.2) is 11.5 Å². The number of nitrogens with two attached hydrogens (primary N) is 1. The smallest absolute Gasteiger partial charge is 0.305 e. The van der Waals surface area contributed by atoms with Crippen LogP contribution in [-0.4, -0.2) is 65.7 Å². The molecule has 0 amide bonds. The maximum absolute atomic E-state index is 12.0. The number of nitrogens with one attached hydrogen (secondary N) is 2. The summed E-state index contributed by atoms with van der Waals surface area (Å²) in [5, 5.41) is 10.0. The Hall–Kier alpha value is -3.31. The van der Waals surface area contributed by atoms with Crippen molar-refractivity contribution < 1.29 is 9.53 Å². The second-order valence-electron chi connectivity index (χ2n) is 9.35. The average molecular weight is 513 g/mol. The molecule has 0 atom stereocenters. The molecule has 0 fully saturated rings. The summed E-state index contributed by atoms with van der Waals surface area (Å²) in [6, 6.07) is 0. The van der Waals surface area contributed by atoms with Crippen LogP contribution >= 0.6 is 12.2 Å². The number of aryl methyl sites for hydroxylation is 1. The number of H-pyrrole nitrogens is 1. The molecular formula is C25H36N8O2S. The molecule has 0 aliphatic carbocycles. The highest BCUT2D eigenvalue weighted by molar-refractivity contribution is 7.81. The Morgan fingerprint density at radius 3 is 2.81 bits per heavy atom. The van der Waals surface area contributed by atoms with Crippen LogP contribution in [0.25, 0.3) is 16.9 Å². The summed E-state index contributed by atoms with van der Waals surface area (Å²) in [5.41, 5.74) is 9.84. The van der Waals surface area contributed by atoms with Crippen molar-refractivity contribution in [1.29, 1.82) is 0 Å². The van der Waals surface area contributed by atoms with E-state index in [2.05, 4.69) is 37.3 Å². The number of ether oxygens (including phenoxy) is 1. The molecule has 4 N–H and O–H groups in total. The molecule has 36 heavy (non-hydrogen) atoms. The number of hydrogen-bond donors (Lipinski definition) is 3. The molecule has 3 rings (SSSR count). The zero-order valence-corrected chi connectivity index (χ0v) is 22.5. The summed E-state index contributed by atoms with van der Waals surface area (Å²) in [6.45, 7) is 11.6. The van der Waals surface area contributed by atoms with Crippen LogP contribution in [-0.2, 0) is 9.53 Å². The van der Waals surface area contributed by atoms with Crippen LogP contribution in [0.5, 0.6) is 0 Å². The number of carbonyl (C=O) groups is 1. The van der Waals surface area contributed by atoms with Crippen LogP contribution in [0, 0.1) is 6.92 Å². The van der Waals surface area contributed by atoms with Crippen LogP contribution < -0.4 is 11.1 Å². The first-order valence-electron chi connectivity index (χ1n) is 12.2. The normalized spacial score (nSPS) is 12.3. The fourth-order valence-electron chi connectivity index (χ4n) is 3.88. The Bertz CT molecular complexity index is 1220. The first-order chi connectivity index (χ1) is 17.1. The number of rotatable bonds is 12. The van der Waals surface area contributed by atoms with Crippen LogP contribution in [0.2, 0.25) is 0 Å². The quantitative estimate of drug-likeness (QED) is 0.188. The van der Waals surface area contributed by atoms with E-state index in [-0.39, 0.29) is 11.5 Å². The Kier molecular flexibility index (Phi) is 9.16. The molecule has 0 aromatic carbocycles. The van der Waals surface area contributed by atoms with Gasteiger partial charge in [0, 0.05) is 42.2 Å². The number of nitrogens with zero attached hydrogens (tertiary/aromatic N) is 5. The summed E-state index contributed by atoms with van der Waals surface area (Å²) in [4.78, 5) is 23.7. The molecule has 0 unspecified atom stereocenters.